The van der Waals surface area contributed by atoms with Crippen LogP contribution in [-0.4, -0.2) is 35.3 Å². The highest BCUT2D eigenvalue weighted by molar-refractivity contribution is 7.22. The van der Waals surface area contributed by atoms with Gasteiger partial charge in [-0.1, -0.05) is 0 Å². The van der Waals surface area contributed by atoms with Gasteiger partial charge in [0.2, 0.25) is 0 Å². The fourth-order valence-corrected chi connectivity index (χ4v) is 3.13. The molecule has 0 fully saturated rings. The van der Waals surface area contributed by atoms with E-state index in [4.69, 9.17) is 9.84 Å². The standard InChI is InChI=1S/C15H15N3O2S/c1-20-11-4-2-10(3-5-11)13-8-12-14(21-13)15(16-6-7-19)18-9-17-12/h2-5,8-9,19H,6-7H2,1H3,(H,16,17,18). The third-order valence-corrected chi connectivity index (χ3v) is 4.27. The van der Waals surface area contributed by atoms with E-state index in [0.29, 0.717) is 6.54 Å². The molecule has 0 radical (unpaired) electrons. The maximum atomic E-state index is 8.92. The zero-order valence-corrected chi connectivity index (χ0v) is 12.4. The van der Waals surface area contributed by atoms with Crippen LogP contribution in [0.2, 0.25) is 0 Å². The molecule has 2 heterocycles. The zero-order valence-electron chi connectivity index (χ0n) is 11.5. The molecule has 0 bridgehead atoms. The van der Waals surface area contributed by atoms with Gasteiger partial charge in [-0.15, -0.1) is 11.3 Å². The lowest BCUT2D eigenvalue weighted by Crippen LogP contribution is -2.06. The molecule has 0 aliphatic heterocycles. The average Bonchev–Trinajstić information content (AvgIpc) is 2.97. The summed E-state index contributed by atoms with van der Waals surface area (Å²) in [7, 11) is 1.66. The van der Waals surface area contributed by atoms with Gasteiger partial charge in [-0.05, 0) is 35.9 Å². The van der Waals surface area contributed by atoms with Crippen molar-refractivity contribution in [2.75, 3.05) is 25.6 Å². The molecule has 0 saturated carbocycles. The molecule has 0 amide bonds. The second-order valence-corrected chi connectivity index (χ2v) is 5.48. The SMILES string of the molecule is COc1ccc(-c2cc3ncnc(NCCO)c3s2)cc1. The van der Waals surface area contributed by atoms with E-state index in [2.05, 4.69) is 15.3 Å². The molecule has 21 heavy (non-hydrogen) atoms. The smallest absolute Gasteiger partial charge is 0.147 e. The van der Waals surface area contributed by atoms with Gasteiger partial charge in [0.05, 0.1) is 23.9 Å². The Kier molecular flexibility index (Phi) is 3.98. The van der Waals surface area contributed by atoms with Gasteiger partial charge in [0.15, 0.2) is 0 Å². The summed E-state index contributed by atoms with van der Waals surface area (Å²) in [6, 6.07) is 9.98. The van der Waals surface area contributed by atoms with Crippen molar-refractivity contribution in [3.05, 3.63) is 36.7 Å². The van der Waals surface area contributed by atoms with Crippen molar-refractivity contribution in [3.63, 3.8) is 0 Å². The lowest BCUT2D eigenvalue weighted by atomic mass is 10.2. The van der Waals surface area contributed by atoms with Crippen molar-refractivity contribution < 1.29 is 9.84 Å². The first-order valence-corrected chi connectivity index (χ1v) is 7.37. The molecule has 0 saturated heterocycles. The third kappa shape index (κ3) is 2.81. The van der Waals surface area contributed by atoms with Gasteiger partial charge in [-0.25, -0.2) is 9.97 Å². The molecule has 3 aromatic rings. The molecule has 0 atom stereocenters. The number of aliphatic hydroxyl groups excluding tert-OH is 1. The summed E-state index contributed by atoms with van der Waals surface area (Å²) in [6.45, 7) is 0.546. The normalized spacial score (nSPS) is 10.8. The highest BCUT2D eigenvalue weighted by Gasteiger charge is 2.10. The largest absolute Gasteiger partial charge is 0.497 e. The number of hydrogen-bond donors (Lipinski definition) is 2. The molecule has 3 rings (SSSR count). The first-order valence-electron chi connectivity index (χ1n) is 6.55. The Hall–Kier alpha value is -2.18. The second-order valence-electron chi connectivity index (χ2n) is 4.43. The Labute approximate surface area is 126 Å². The minimum atomic E-state index is 0.0716. The fourth-order valence-electron chi connectivity index (χ4n) is 2.05. The number of aromatic nitrogens is 2. The van der Waals surface area contributed by atoms with Crippen molar-refractivity contribution in [1.82, 2.24) is 9.97 Å². The maximum absolute atomic E-state index is 8.92. The van der Waals surface area contributed by atoms with E-state index < -0.39 is 0 Å². The number of hydrogen-bond acceptors (Lipinski definition) is 6. The maximum Gasteiger partial charge on any atom is 0.147 e. The predicted octanol–water partition coefficient (Wildman–Crippen LogP) is 2.77. The lowest BCUT2D eigenvalue weighted by molar-refractivity contribution is 0.311. The van der Waals surface area contributed by atoms with E-state index in [0.717, 1.165) is 32.2 Å². The number of rotatable bonds is 5. The highest BCUT2D eigenvalue weighted by atomic mass is 32.1. The van der Waals surface area contributed by atoms with Crippen molar-refractivity contribution >= 4 is 27.4 Å². The van der Waals surface area contributed by atoms with Gasteiger partial charge in [0.1, 0.15) is 17.9 Å². The molecule has 1 aromatic carbocycles. The third-order valence-electron chi connectivity index (χ3n) is 3.09. The van der Waals surface area contributed by atoms with E-state index in [1.54, 1.807) is 18.4 Å². The van der Waals surface area contributed by atoms with Gasteiger partial charge in [-0.3, -0.25) is 0 Å². The number of nitrogens with one attached hydrogen (secondary N) is 1. The topological polar surface area (TPSA) is 67.3 Å². The van der Waals surface area contributed by atoms with Crippen LogP contribution in [0.25, 0.3) is 20.7 Å². The summed E-state index contributed by atoms with van der Waals surface area (Å²) >= 11 is 1.63. The van der Waals surface area contributed by atoms with Crippen LogP contribution in [-0.2, 0) is 0 Å². The van der Waals surface area contributed by atoms with Gasteiger partial charge >= 0.3 is 0 Å². The Morgan fingerprint density at radius 2 is 2.05 bits per heavy atom. The molecule has 0 spiro atoms. The molecule has 5 nitrogen and oxygen atoms in total. The van der Waals surface area contributed by atoms with Crippen LogP contribution in [0.1, 0.15) is 0 Å². The summed E-state index contributed by atoms with van der Waals surface area (Å²) in [5.41, 5.74) is 2.02. The predicted molar refractivity (Wildman–Crippen MR) is 85.0 cm³/mol. The fraction of sp³-hybridized carbons (Fsp3) is 0.200. The number of aliphatic hydroxyl groups is 1. The van der Waals surface area contributed by atoms with Crippen LogP contribution in [0.3, 0.4) is 0 Å². The monoisotopic (exact) mass is 301 g/mol. The first-order chi connectivity index (χ1) is 10.3. The number of benzene rings is 1. The highest BCUT2D eigenvalue weighted by Crippen LogP contribution is 2.35. The molecule has 108 valence electrons. The van der Waals surface area contributed by atoms with Crippen LogP contribution < -0.4 is 10.1 Å². The summed E-state index contributed by atoms with van der Waals surface area (Å²) in [6.07, 6.45) is 1.53. The van der Waals surface area contributed by atoms with Crippen molar-refractivity contribution in [2.45, 2.75) is 0 Å². The van der Waals surface area contributed by atoms with E-state index in [1.807, 2.05) is 30.3 Å². The van der Waals surface area contributed by atoms with Crippen LogP contribution in [0, 0.1) is 0 Å². The molecule has 2 aromatic heterocycles. The van der Waals surface area contributed by atoms with Crippen LogP contribution >= 0.6 is 11.3 Å². The van der Waals surface area contributed by atoms with E-state index in [-0.39, 0.29) is 6.61 Å². The van der Waals surface area contributed by atoms with Gasteiger partial charge < -0.3 is 15.2 Å². The molecule has 6 heteroatoms. The van der Waals surface area contributed by atoms with Crippen molar-refractivity contribution in [2.24, 2.45) is 0 Å². The van der Waals surface area contributed by atoms with E-state index >= 15 is 0 Å². The van der Waals surface area contributed by atoms with Gasteiger partial charge in [-0.2, -0.15) is 0 Å². The number of fused-ring (bicyclic) bond motifs is 1. The summed E-state index contributed by atoms with van der Waals surface area (Å²) in [5, 5.41) is 12.0. The van der Waals surface area contributed by atoms with Gasteiger partial charge in [0.25, 0.3) is 0 Å². The molecule has 0 aliphatic carbocycles. The summed E-state index contributed by atoms with van der Waals surface area (Å²) < 4.78 is 6.17. The summed E-state index contributed by atoms with van der Waals surface area (Å²) in [4.78, 5) is 9.66. The second kappa shape index (κ2) is 6.07. The summed E-state index contributed by atoms with van der Waals surface area (Å²) in [5.74, 6) is 1.60. The molecule has 0 unspecified atom stereocenters. The zero-order chi connectivity index (χ0) is 14.7. The number of ether oxygens (including phenoxy) is 1. The Balaban J connectivity index is 1.99. The van der Waals surface area contributed by atoms with E-state index in [9.17, 15) is 0 Å². The molecule has 2 N–H and O–H groups in total. The number of nitrogens with zero attached hydrogens (tertiary/aromatic N) is 2. The van der Waals surface area contributed by atoms with Gasteiger partial charge in [0, 0.05) is 11.4 Å². The van der Waals surface area contributed by atoms with Crippen LogP contribution in [0.4, 0.5) is 5.82 Å². The number of methoxy groups -OCH3 is 1. The first kappa shape index (κ1) is 13.8. The lowest BCUT2D eigenvalue weighted by Gasteiger charge is -2.03. The molecular weight excluding hydrogens is 286 g/mol. The van der Waals surface area contributed by atoms with Crippen molar-refractivity contribution in [3.8, 4) is 16.2 Å². The average molecular weight is 301 g/mol. The minimum absolute atomic E-state index is 0.0716. The quantitative estimate of drug-likeness (QED) is 0.758. The van der Waals surface area contributed by atoms with Crippen LogP contribution in [0.15, 0.2) is 36.7 Å². The van der Waals surface area contributed by atoms with Crippen LogP contribution in [0.5, 0.6) is 5.75 Å². The number of thiophene rings is 1. The minimum Gasteiger partial charge on any atom is -0.497 e. The Morgan fingerprint density at radius 3 is 2.76 bits per heavy atom. The van der Waals surface area contributed by atoms with Crippen molar-refractivity contribution in [1.29, 1.82) is 0 Å². The number of anilines is 1. The molecular formula is C15H15N3O2S. The Morgan fingerprint density at radius 1 is 1.24 bits per heavy atom. The van der Waals surface area contributed by atoms with E-state index in [1.165, 1.54) is 6.33 Å². The Bertz CT molecular complexity index is 740. The molecule has 0 aliphatic rings.